The summed E-state index contributed by atoms with van der Waals surface area (Å²) in [5.41, 5.74) is 5.90. The van der Waals surface area contributed by atoms with E-state index in [0.29, 0.717) is 5.92 Å². The molecule has 2 heterocycles. The van der Waals surface area contributed by atoms with Crippen LogP contribution in [0.3, 0.4) is 0 Å². The summed E-state index contributed by atoms with van der Waals surface area (Å²) in [5.74, 6) is 2.15. The minimum atomic E-state index is -0.0909. The van der Waals surface area contributed by atoms with Gasteiger partial charge in [-0.15, -0.1) is 0 Å². The van der Waals surface area contributed by atoms with Crippen LogP contribution in [0.4, 0.5) is 5.82 Å². The van der Waals surface area contributed by atoms with Crippen molar-refractivity contribution in [2.45, 2.75) is 32.7 Å². The molecule has 1 saturated heterocycles. The molecule has 2 unspecified atom stereocenters. The summed E-state index contributed by atoms with van der Waals surface area (Å²) in [6.45, 7) is 7.80. The van der Waals surface area contributed by atoms with Crippen LogP contribution in [-0.4, -0.2) is 29.1 Å². The van der Waals surface area contributed by atoms with E-state index in [2.05, 4.69) is 21.8 Å². The van der Waals surface area contributed by atoms with Crippen LogP contribution in [0.5, 0.6) is 0 Å². The van der Waals surface area contributed by atoms with E-state index in [1.165, 1.54) is 0 Å². The second-order valence-corrected chi connectivity index (χ2v) is 5.19. The highest BCUT2D eigenvalue weighted by atomic mass is 16.1. The Morgan fingerprint density at radius 3 is 2.76 bits per heavy atom. The van der Waals surface area contributed by atoms with Gasteiger partial charge in [-0.05, 0) is 5.92 Å². The molecule has 17 heavy (non-hydrogen) atoms. The first kappa shape index (κ1) is 12.1. The summed E-state index contributed by atoms with van der Waals surface area (Å²) in [6, 6.07) is 1.72. The Labute approximate surface area is 101 Å². The van der Waals surface area contributed by atoms with Crippen LogP contribution in [0.25, 0.3) is 0 Å². The van der Waals surface area contributed by atoms with Gasteiger partial charge in [0.05, 0.1) is 0 Å². The maximum atomic E-state index is 11.6. The van der Waals surface area contributed by atoms with E-state index in [9.17, 15) is 4.79 Å². The number of nitrogens with zero attached hydrogens (tertiary/aromatic N) is 2. The van der Waals surface area contributed by atoms with E-state index in [1.807, 2.05) is 13.8 Å². The molecule has 0 radical (unpaired) electrons. The molecule has 0 aliphatic carbocycles. The topological polar surface area (TPSA) is 75.0 Å². The third kappa shape index (κ3) is 2.49. The molecule has 0 amide bonds. The van der Waals surface area contributed by atoms with Gasteiger partial charge in [0.1, 0.15) is 11.6 Å². The summed E-state index contributed by atoms with van der Waals surface area (Å²) in [6.07, 6.45) is 0. The summed E-state index contributed by atoms with van der Waals surface area (Å²) in [5, 5.41) is 0. The third-order valence-electron chi connectivity index (χ3n) is 3.29. The molecular weight excluding hydrogens is 216 g/mol. The molecule has 2 rings (SSSR count). The quantitative estimate of drug-likeness (QED) is 0.791. The Balaban J connectivity index is 2.30. The summed E-state index contributed by atoms with van der Waals surface area (Å²) < 4.78 is 0. The van der Waals surface area contributed by atoms with Crippen molar-refractivity contribution in [3.63, 3.8) is 0 Å². The Morgan fingerprint density at radius 2 is 2.24 bits per heavy atom. The number of hydrogen-bond acceptors (Lipinski definition) is 4. The lowest BCUT2D eigenvalue weighted by atomic mass is 10.1. The van der Waals surface area contributed by atoms with Crippen molar-refractivity contribution in [3.05, 3.63) is 22.2 Å². The molecular formula is C12H20N4O. The molecule has 0 spiro atoms. The second kappa shape index (κ2) is 4.49. The van der Waals surface area contributed by atoms with Crippen molar-refractivity contribution in [2.75, 3.05) is 18.0 Å². The monoisotopic (exact) mass is 236 g/mol. The van der Waals surface area contributed by atoms with Gasteiger partial charge >= 0.3 is 0 Å². The lowest BCUT2D eigenvalue weighted by Crippen LogP contribution is -2.29. The van der Waals surface area contributed by atoms with Crippen LogP contribution in [-0.2, 0) is 0 Å². The number of aromatic amines is 1. The fraction of sp³-hybridized carbons (Fsp3) is 0.667. The summed E-state index contributed by atoms with van der Waals surface area (Å²) in [7, 11) is 0. The highest BCUT2D eigenvalue weighted by Crippen LogP contribution is 2.21. The Bertz CT molecular complexity index is 444. The molecule has 1 aromatic rings. The van der Waals surface area contributed by atoms with E-state index in [1.54, 1.807) is 6.07 Å². The smallest absolute Gasteiger partial charge is 0.252 e. The summed E-state index contributed by atoms with van der Waals surface area (Å²) >= 11 is 0. The van der Waals surface area contributed by atoms with E-state index < -0.39 is 0 Å². The van der Waals surface area contributed by atoms with Gasteiger partial charge in [-0.3, -0.25) is 4.79 Å². The average Bonchev–Trinajstić information content (AvgIpc) is 2.58. The van der Waals surface area contributed by atoms with Gasteiger partial charge in [0.2, 0.25) is 0 Å². The van der Waals surface area contributed by atoms with Crippen LogP contribution in [0, 0.1) is 5.92 Å². The Kier molecular flexibility index (Phi) is 3.19. The molecule has 1 aromatic heterocycles. The maximum absolute atomic E-state index is 11.6. The van der Waals surface area contributed by atoms with E-state index in [-0.39, 0.29) is 17.5 Å². The first-order chi connectivity index (χ1) is 7.97. The molecule has 0 saturated carbocycles. The van der Waals surface area contributed by atoms with Gasteiger partial charge in [-0.2, -0.15) is 0 Å². The zero-order valence-electron chi connectivity index (χ0n) is 10.6. The molecule has 0 bridgehead atoms. The molecule has 5 heteroatoms. The Morgan fingerprint density at radius 1 is 1.53 bits per heavy atom. The number of nitrogens with one attached hydrogen (secondary N) is 1. The zero-order valence-corrected chi connectivity index (χ0v) is 10.6. The lowest BCUT2D eigenvalue weighted by molar-refractivity contribution is 0.566. The van der Waals surface area contributed by atoms with Crippen molar-refractivity contribution in [1.82, 2.24) is 9.97 Å². The van der Waals surface area contributed by atoms with E-state index >= 15 is 0 Å². The van der Waals surface area contributed by atoms with E-state index in [0.717, 1.165) is 24.7 Å². The number of H-pyrrole nitrogens is 1. The van der Waals surface area contributed by atoms with Crippen molar-refractivity contribution >= 4 is 5.82 Å². The average molecular weight is 236 g/mol. The van der Waals surface area contributed by atoms with Gasteiger partial charge in [0.15, 0.2) is 0 Å². The van der Waals surface area contributed by atoms with Crippen LogP contribution in [0.15, 0.2) is 10.9 Å². The van der Waals surface area contributed by atoms with Crippen LogP contribution in [0.2, 0.25) is 0 Å². The first-order valence-electron chi connectivity index (χ1n) is 6.09. The molecule has 1 aliphatic heterocycles. The van der Waals surface area contributed by atoms with Crippen molar-refractivity contribution in [2.24, 2.45) is 11.7 Å². The first-order valence-corrected chi connectivity index (χ1v) is 6.09. The lowest BCUT2D eigenvalue weighted by Gasteiger charge is -2.17. The van der Waals surface area contributed by atoms with Crippen LogP contribution in [0.1, 0.15) is 32.5 Å². The number of nitrogens with two attached hydrogens (primary N) is 1. The highest BCUT2D eigenvalue weighted by Gasteiger charge is 2.27. The maximum Gasteiger partial charge on any atom is 0.252 e. The molecule has 3 N–H and O–H groups in total. The Hall–Kier alpha value is -1.36. The van der Waals surface area contributed by atoms with Gasteiger partial charge in [0.25, 0.3) is 5.56 Å². The standard InChI is InChI=1S/C12H20N4O/c1-7(2)12-14-10(4-11(17)15-12)16-5-8(3)9(13)6-16/h4,7-9H,5-6,13H2,1-3H3,(H,14,15,17). The van der Waals surface area contributed by atoms with Gasteiger partial charge in [-0.1, -0.05) is 20.8 Å². The molecule has 1 aliphatic rings. The zero-order chi connectivity index (χ0) is 12.6. The fourth-order valence-corrected chi connectivity index (χ4v) is 2.08. The molecule has 1 fully saturated rings. The van der Waals surface area contributed by atoms with Crippen molar-refractivity contribution < 1.29 is 0 Å². The normalized spacial score (nSPS) is 24.6. The minimum Gasteiger partial charge on any atom is -0.354 e. The van der Waals surface area contributed by atoms with E-state index in [4.69, 9.17) is 5.73 Å². The predicted octanol–water partition coefficient (Wildman–Crippen LogP) is 0.677. The highest BCUT2D eigenvalue weighted by molar-refractivity contribution is 5.40. The number of hydrogen-bond donors (Lipinski definition) is 2. The number of rotatable bonds is 2. The van der Waals surface area contributed by atoms with Crippen molar-refractivity contribution in [1.29, 1.82) is 0 Å². The molecule has 5 nitrogen and oxygen atoms in total. The third-order valence-corrected chi connectivity index (χ3v) is 3.29. The minimum absolute atomic E-state index is 0.0909. The van der Waals surface area contributed by atoms with Crippen molar-refractivity contribution in [3.8, 4) is 0 Å². The fourth-order valence-electron chi connectivity index (χ4n) is 2.08. The summed E-state index contributed by atoms with van der Waals surface area (Å²) in [4.78, 5) is 20.9. The van der Waals surface area contributed by atoms with Crippen LogP contribution < -0.4 is 16.2 Å². The van der Waals surface area contributed by atoms with Gasteiger partial charge < -0.3 is 15.6 Å². The van der Waals surface area contributed by atoms with Gasteiger partial charge in [-0.25, -0.2) is 4.98 Å². The van der Waals surface area contributed by atoms with Gasteiger partial charge in [0, 0.05) is 31.1 Å². The molecule has 94 valence electrons. The van der Waals surface area contributed by atoms with Crippen LogP contribution >= 0.6 is 0 Å². The number of aromatic nitrogens is 2. The SMILES string of the molecule is CC(C)c1nc(N2CC(C)C(N)C2)cc(=O)[nH]1. The number of anilines is 1. The largest absolute Gasteiger partial charge is 0.354 e. The molecule has 0 aromatic carbocycles. The second-order valence-electron chi connectivity index (χ2n) is 5.19. The predicted molar refractivity (Wildman–Crippen MR) is 68.3 cm³/mol. The molecule has 2 atom stereocenters.